The number of likely N-dealkylation sites (tertiary alicyclic amines) is 1. The molecule has 4 rings (SSSR count). The molecule has 1 unspecified atom stereocenters. The summed E-state index contributed by atoms with van der Waals surface area (Å²) in [5.41, 5.74) is 2.48. The molecule has 0 aliphatic carbocycles. The molecule has 9 heteroatoms. The summed E-state index contributed by atoms with van der Waals surface area (Å²) in [6, 6.07) is 2.07. The molecular formula is C19H24N8O. The van der Waals surface area contributed by atoms with E-state index in [9.17, 15) is 4.79 Å². The summed E-state index contributed by atoms with van der Waals surface area (Å²) in [6.07, 6.45) is 7.03. The Morgan fingerprint density at radius 3 is 3.04 bits per heavy atom. The van der Waals surface area contributed by atoms with E-state index >= 15 is 0 Å². The number of aromatic nitrogens is 5. The Hall–Kier alpha value is -3.36. The van der Waals surface area contributed by atoms with Crippen molar-refractivity contribution in [1.82, 2.24) is 29.6 Å². The number of H-pyrrole nitrogens is 1. The number of hydrogen-bond acceptors (Lipinski definition) is 6. The van der Waals surface area contributed by atoms with Gasteiger partial charge in [0.25, 0.3) is 0 Å². The highest BCUT2D eigenvalue weighted by molar-refractivity contribution is 5.89. The SMILES string of the molecule is C=CC(=O)N1CCCC(Nc2nc(Nc3cn(C)nc3C)nc3[nH]ccc23)C1. The van der Waals surface area contributed by atoms with Crippen molar-refractivity contribution in [2.24, 2.45) is 7.05 Å². The minimum atomic E-state index is -0.0320. The molecular weight excluding hydrogens is 356 g/mol. The number of aromatic amines is 1. The molecule has 0 spiro atoms. The fourth-order valence-electron chi connectivity index (χ4n) is 3.57. The lowest BCUT2D eigenvalue weighted by Gasteiger charge is -2.33. The lowest BCUT2D eigenvalue weighted by Crippen LogP contribution is -2.44. The van der Waals surface area contributed by atoms with Crippen LogP contribution in [0.15, 0.2) is 31.1 Å². The van der Waals surface area contributed by atoms with Gasteiger partial charge in [-0.3, -0.25) is 9.48 Å². The second-order valence-electron chi connectivity index (χ2n) is 7.03. The Balaban J connectivity index is 1.59. The molecule has 1 aliphatic rings. The molecule has 3 N–H and O–H groups in total. The molecule has 1 saturated heterocycles. The number of amides is 1. The molecule has 0 aromatic carbocycles. The van der Waals surface area contributed by atoms with Crippen molar-refractivity contribution in [1.29, 1.82) is 0 Å². The lowest BCUT2D eigenvalue weighted by atomic mass is 10.1. The Kier molecular flexibility index (Phi) is 4.72. The predicted octanol–water partition coefficient (Wildman–Crippen LogP) is 2.33. The average molecular weight is 380 g/mol. The van der Waals surface area contributed by atoms with Gasteiger partial charge in [-0.25, -0.2) is 0 Å². The van der Waals surface area contributed by atoms with Crippen LogP contribution in [0.4, 0.5) is 17.5 Å². The first-order valence-corrected chi connectivity index (χ1v) is 9.34. The number of aryl methyl sites for hydroxylation is 2. The minimum Gasteiger partial charge on any atom is -0.365 e. The van der Waals surface area contributed by atoms with Gasteiger partial charge in [-0.1, -0.05) is 6.58 Å². The van der Waals surface area contributed by atoms with Gasteiger partial charge in [0.2, 0.25) is 11.9 Å². The summed E-state index contributed by atoms with van der Waals surface area (Å²) < 4.78 is 1.75. The van der Waals surface area contributed by atoms with Gasteiger partial charge < -0.3 is 20.5 Å². The molecule has 4 heterocycles. The van der Waals surface area contributed by atoms with Crippen LogP contribution in [-0.2, 0) is 11.8 Å². The molecule has 0 saturated carbocycles. The fourth-order valence-corrected chi connectivity index (χ4v) is 3.57. The topological polar surface area (TPSA) is 104 Å². The third-order valence-corrected chi connectivity index (χ3v) is 4.92. The number of carbonyl (C=O) groups excluding carboxylic acids is 1. The van der Waals surface area contributed by atoms with Crippen LogP contribution in [0.5, 0.6) is 0 Å². The molecule has 0 bridgehead atoms. The number of nitrogens with one attached hydrogen (secondary N) is 3. The van der Waals surface area contributed by atoms with Crippen molar-refractivity contribution in [3.8, 4) is 0 Å². The number of piperidine rings is 1. The monoisotopic (exact) mass is 380 g/mol. The number of hydrogen-bond donors (Lipinski definition) is 3. The van der Waals surface area contributed by atoms with Crippen LogP contribution in [0.2, 0.25) is 0 Å². The maximum absolute atomic E-state index is 12.0. The summed E-state index contributed by atoms with van der Waals surface area (Å²) in [5.74, 6) is 1.20. The van der Waals surface area contributed by atoms with E-state index in [-0.39, 0.29) is 11.9 Å². The highest BCUT2D eigenvalue weighted by Gasteiger charge is 2.23. The van der Waals surface area contributed by atoms with Crippen molar-refractivity contribution < 1.29 is 4.79 Å². The highest BCUT2D eigenvalue weighted by Crippen LogP contribution is 2.25. The standard InChI is InChI=1S/C19H24N8O/c1-4-16(28)27-9-5-6-13(10-27)21-18-14-7-8-20-17(14)23-19(24-18)22-15-11-26(3)25-12(15)2/h4,7-8,11,13H,1,5-6,9-10H2,2-3H3,(H3,20,21,22,23,24). The van der Waals surface area contributed by atoms with E-state index in [1.807, 2.05) is 37.3 Å². The number of rotatable bonds is 5. The number of anilines is 3. The number of nitrogens with zero attached hydrogens (tertiary/aromatic N) is 5. The number of fused-ring (bicyclic) bond motifs is 1. The largest absolute Gasteiger partial charge is 0.365 e. The van der Waals surface area contributed by atoms with Gasteiger partial charge in [-0.05, 0) is 31.9 Å². The zero-order valence-electron chi connectivity index (χ0n) is 16.1. The minimum absolute atomic E-state index is 0.0320. The summed E-state index contributed by atoms with van der Waals surface area (Å²) in [7, 11) is 1.87. The first-order valence-electron chi connectivity index (χ1n) is 9.34. The molecule has 3 aromatic heterocycles. The lowest BCUT2D eigenvalue weighted by molar-refractivity contribution is -0.127. The first kappa shape index (κ1) is 18.0. The summed E-state index contributed by atoms with van der Waals surface area (Å²) in [4.78, 5) is 26.2. The third-order valence-electron chi connectivity index (χ3n) is 4.92. The molecule has 1 aliphatic heterocycles. The molecule has 9 nitrogen and oxygen atoms in total. The summed E-state index contributed by atoms with van der Waals surface area (Å²) >= 11 is 0. The molecule has 1 fully saturated rings. The Morgan fingerprint density at radius 2 is 2.29 bits per heavy atom. The van der Waals surface area contributed by atoms with E-state index in [4.69, 9.17) is 0 Å². The van der Waals surface area contributed by atoms with Gasteiger partial charge in [0.1, 0.15) is 11.5 Å². The van der Waals surface area contributed by atoms with Crippen molar-refractivity contribution in [3.05, 3.63) is 36.8 Å². The third kappa shape index (κ3) is 3.55. The van der Waals surface area contributed by atoms with Crippen LogP contribution < -0.4 is 10.6 Å². The Morgan fingerprint density at radius 1 is 1.43 bits per heavy atom. The van der Waals surface area contributed by atoms with Gasteiger partial charge in [-0.15, -0.1) is 0 Å². The van der Waals surface area contributed by atoms with E-state index in [0.29, 0.717) is 12.5 Å². The quantitative estimate of drug-likeness (QED) is 0.587. The maximum atomic E-state index is 12.0. The van der Waals surface area contributed by atoms with Gasteiger partial charge in [0.05, 0.1) is 16.8 Å². The van der Waals surface area contributed by atoms with Crippen molar-refractivity contribution >= 4 is 34.4 Å². The van der Waals surface area contributed by atoms with E-state index in [1.54, 1.807) is 4.68 Å². The molecule has 1 atom stereocenters. The maximum Gasteiger partial charge on any atom is 0.246 e. The van der Waals surface area contributed by atoms with Gasteiger partial charge in [-0.2, -0.15) is 15.1 Å². The Bertz CT molecular complexity index is 1020. The van der Waals surface area contributed by atoms with Crippen molar-refractivity contribution in [2.45, 2.75) is 25.8 Å². The average Bonchev–Trinajstić information content (AvgIpc) is 3.27. The second-order valence-corrected chi connectivity index (χ2v) is 7.03. The Labute approximate surface area is 162 Å². The predicted molar refractivity (Wildman–Crippen MR) is 109 cm³/mol. The van der Waals surface area contributed by atoms with E-state index in [1.165, 1.54) is 6.08 Å². The van der Waals surface area contributed by atoms with Crippen LogP contribution >= 0.6 is 0 Å². The summed E-state index contributed by atoms with van der Waals surface area (Å²) in [6.45, 7) is 6.91. The number of carbonyl (C=O) groups is 1. The smallest absolute Gasteiger partial charge is 0.246 e. The van der Waals surface area contributed by atoms with Gasteiger partial charge in [0.15, 0.2) is 0 Å². The molecule has 0 radical (unpaired) electrons. The van der Waals surface area contributed by atoms with Crippen molar-refractivity contribution in [2.75, 3.05) is 23.7 Å². The van der Waals surface area contributed by atoms with Gasteiger partial charge in [0, 0.05) is 38.6 Å². The van der Waals surface area contributed by atoms with Crippen LogP contribution in [0.3, 0.4) is 0 Å². The van der Waals surface area contributed by atoms with Crippen molar-refractivity contribution in [3.63, 3.8) is 0 Å². The normalized spacial score (nSPS) is 16.9. The van der Waals surface area contributed by atoms with Gasteiger partial charge >= 0.3 is 0 Å². The van der Waals surface area contributed by atoms with Crippen LogP contribution in [-0.4, -0.2) is 54.7 Å². The molecule has 28 heavy (non-hydrogen) atoms. The molecule has 3 aromatic rings. The zero-order valence-corrected chi connectivity index (χ0v) is 16.1. The van der Waals surface area contributed by atoms with E-state index < -0.39 is 0 Å². The van der Waals surface area contributed by atoms with Crippen LogP contribution in [0.25, 0.3) is 11.0 Å². The first-order chi connectivity index (χ1) is 13.5. The van der Waals surface area contributed by atoms with E-state index in [2.05, 4.69) is 37.3 Å². The molecule has 1 amide bonds. The second kappa shape index (κ2) is 7.34. The summed E-state index contributed by atoms with van der Waals surface area (Å²) in [5, 5.41) is 12.0. The fraction of sp³-hybridized carbons (Fsp3) is 0.368. The van der Waals surface area contributed by atoms with Crippen LogP contribution in [0.1, 0.15) is 18.5 Å². The van der Waals surface area contributed by atoms with Crippen LogP contribution in [0, 0.1) is 6.92 Å². The zero-order chi connectivity index (χ0) is 19.7. The van der Waals surface area contributed by atoms with E-state index in [0.717, 1.165) is 47.6 Å². The molecule has 146 valence electrons. The highest BCUT2D eigenvalue weighted by atomic mass is 16.2.